The topological polar surface area (TPSA) is 95.9 Å². The van der Waals surface area contributed by atoms with Crippen LogP contribution in [0.4, 0.5) is 0 Å². The van der Waals surface area contributed by atoms with Gasteiger partial charge >= 0.3 is 5.97 Å². The van der Waals surface area contributed by atoms with Crippen LogP contribution in [-0.4, -0.2) is 47.4 Å². The quantitative estimate of drug-likeness (QED) is 0.0320. The van der Waals surface area contributed by atoms with Gasteiger partial charge in [0.15, 0.2) is 0 Å². The van der Waals surface area contributed by atoms with E-state index in [1.165, 1.54) is 283 Å². The van der Waals surface area contributed by atoms with Crippen molar-refractivity contribution in [2.24, 2.45) is 0 Å². The second-order valence-corrected chi connectivity index (χ2v) is 22.8. The molecule has 0 radical (unpaired) electrons. The van der Waals surface area contributed by atoms with E-state index in [2.05, 4.69) is 43.5 Å². The summed E-state index contributed by atoms with van der Waals surface area (Å²) < 4.78 is 5.48. The smallest absolute Gasteiger partial charge is 0.305 e. The molecule has 0 aliphatic carbocycles. The van der Waals surface area contributed by atoms with E-state index in [1.807, 2.05) is 0 Å². The molecule has 0 bridgehead atoms. The van der Waals surface area contributed by atoms with Crippen LogP contribution >= 0.6 is 0 Å². The first-order valence-electron chi connectivity index (χ1n) is 33.1. The third kappa shape index (κ3) is 59.4. The lowest BCUT2D eigenvalue weighted by Gasteiger charge is -2.22. The predicted octanol–water partition coefficient (Wildman–Crippen LogP) is 21.0. The third-order valence-electron chi connectivity index (χ3n) is 15.5. The van der Waals surface area contributed by atoms with Crippen LogP contribution < -0.4 is 5.32 Å². The zero-order valence-electron chi connectivity index (χ0n) is 49.4. The highest BCUT2D eigenvalue weighted by molar-refractivity contribution is 5.76. The molecule has 0 rings (SSSR count). The zero-order chi connectivity index (χ0) is 52.9. The SMILES string of the molecule is CCCC/C=C\C/C=C\CCCCCCCC(=O)OCCCCCCCCCCCCCCCCCCCCCCC(=O)NC(CO)C(O)CCCCCCCCCCCCCCCCCCCCCCCC. The third-order valence-corrected chi connectivity index (χ3v) is 15.5. The summed E-state index contributed by atoms with van der Waals surface area (Å²) in [5, 5.41) is 23.4. The number of rotatable bonds is 62. The van der Waals surface area contributed by atoms with Gasteiger partial charge in [0.1, 0.15) is 0 Å². The molecule has 0 fully saturated rings. The number of unbranched alkanes of at least 4 members (excludes halogenated alkanes) is 47. The lowest BCUT2D eigenvalue weighted by atomic mass is 10.0. The number of aliphatic hydroxyl groups excluding tert-OH is 2. The Bertz CT molecular complexity index is 1140. The largest absolute Gasteiger partial charge is 0.466 e. The summed E-state index contributed by atoms with van der Waals surface area (Å²) >= 11 is 0. The van der Waals surface area contributed by atoms with Gasteiger partial charge in [-0.3, -0.25) is 9.59 Å². The molecule has 0 aliphatic heterocycles. The van der Waals surface area contributed by atoms with E-state index in [4.69, 9.17) is 4.74 Å². The molecule has 1 amide bonds. The standard InChI is InChI=1S/C67H129NO5/c1-3-5-7-9-11-13-15-17-19-20-21-22-23-26-29-32-35-39-43-47-51-55-59-65(70)64(63-69)68-66(71)60-56-52-48-44-40-36-33-30-27-24-25-28-31-34-38-42-46-50-54-58-62-73-67(72)61-57-53-49-45-41-37-18-16-14-12-10-8-6-4-2/h10,12,16,18,64-65,69-70H,3-9,11,13-15,17,19-63H2,1-2H3,(H,68,71)/b12-10-,18-16-. The number of hydrogen-bond acceptors (Lipinski definition) is 5. The van der Waals surface area contributed by atoms with E-state index in [0.29, 0.717) is 25.9 Å². The van der Waals surface area contributed by atoms with Gasteiger partial charge < -0.3 is 20.3 Å². The highest BCUT2D eigenvalue weighted by Gasteiger charge is 2.20. The highest BCUT2D eigenvalue weighted by atomic mass is 16.5. The second-order valence-electron chi connectivity index (χ2n) is 22.8. The molecule has 0 aromatic rings. The lowest BCUT2D eigenvalue weighted by Crippen LogP contribution is -2.45. The second kappa shape index (κ2) is 62.9. The summed E-state index contributed by atoms with van der Waals surface area (Å²) in [5.74, 6) is -0.0363. The van der Waals surface area contributed by atoms with Crippen LogP contribution in [0.25, 0.3) is 0 Å². The molecule has 0 saturated heterocycles. The Kier molecular flexibility index (Phi) is 61.4. The minimum Gasteiger partial charge on any atom is -0.466 e. The van der Waals surface area contributed by atoms with Gasteiger partial charge in [0, 0.05) is 12.8 Å². The number of allylic oxidation sites excluding steroid dienone is 4. The maximum absolute atomic E-state index is 12.5. The molecule has 0 saturated carbocycles. The molecule has 0 heterocycles. The van der Waals surface area contributed by atoms with Crippen LogP contribution in [0.3, 0.4) is 0 Å². The highest BCUT2D eigenvalue weighted by Crippen LogP contribution is 2.19. The average molecular weight is 1030 g/mol. The maximum atomic E-state index is 12.5. The number of aliphatic hydroxyl groups is 2. The number of esters is 1. The zero-order valence-corrected chi connectivity index (χ0v) is 49.4. The van der Waals surface area contributed by atoms with Crippen molar-refractivity contribution >= 4 is 11.9 Å². The lowest BCUT2D eigenvalue weighted by molar-refractivity contribution is -0.143. The summed E-state index contributed by atoms with van der Waals surface area (Å²) in [6.07, 6.45) is 77.7. The molecule has 0 aromatic heterocycles. The van der Waals surface area contributed by atoms with E-state index >= 15 is 0 Å². The van der Waals surface area contributed by atoms with Crippen LogP contribution in [0.2, 0.25) is 0 Å². The van der Waals surface area contributed by atoms with E-state index in [-0.39, 0.29) is 18.5 Å². The Morgan fingerprint density at radius 1 is 0.384 bits per heavy atom. The maximum Gasteiger partial charge on any atom is 0.305 e. The van der Waals surface area contributed by atoms with E-state index in [1.54, 1.807) is 0 Å². The minimum absolute atomic E-state index is 0.00319. The van der Waals surface area contributed by atoms with Crippen molar-refractivity contribution in [3.63, 3.8) is 0 Å². The van der Waals surface area contributed by atoms with Gasteiger partial charge in [0.2, 0.25) is 5.91 Å². The monoisotopic (exact) mass is 1030 g/mol. The van der Waals surface area contributed by atoms with Crippen molar-refractivity contribution in [3.8, 4) is 0 Å². The number of ether oxygens (including phenoxy) is 1. The number of carbonyl (C=O) groups excluding carboxylic acids is 2. The van der Waals surface area contributed by atoms with Crippen molar-refractivity contribution in [2.75, 3.05) is 13.2 Å². The number of hydrogen-bond donors (Lipinski definition) is 3. The molecular formula is C67H129NO5. The van der Waals surface area contributed by atoms with Crippen molar-refractivity contribution in [2.45, 2.75) is 379 Å². The Morgan fingerprint density at radius 2 is 0.699 bits per heavy atom. The molecule has 73 heavy (non-hydrogen) atoms. The molecule has 0 spiro atoms. The number of carbonyl (C=O) groups is 2. The predicted molar refractivity (Wildman–Crippen MR) is 320 cm³/mol. The van der Waals surface area contributed by atoms with Gasteiger partial charge in [0.25, 0.3) is 0 Å². The molecule has 432 valence electrons. The molecular weight excluding hydrogens is 899 g/mol. The van der Waals surface area contributed by atoms with E-state index in [9.17, 15) is 19.8 Å². The van der Waals surface area contributed by atoms with Gasteiger partial charge in [-0.1, -0.05) is 327 Å². The first-order valence-corrected chi connectivity index (χ1v) is 33.1. The van der Waals surface area contributed by atoms with Gasteiger partial charge in [-0.2, -0.15) is 0 Å². The normalized spacial score (nSPS) is 12.7. The molecule has 2 atom stereocenters. The van der Waals surface area contributed by atoms with Gasteiger partial charge in [-0.15, -0.1) is 0 Å². The first kappa shape index (κ1) is 71.3. The summed E-state index contributed by atoms with van der Waals surface area (Å²) in [6.45, 7) is 4.93. The van der Waals surface area contributed by atoms with E-state index in [0.717, 1.165) is 51.4 Å². The average Bonchev–Trinajstić information content (AvgIpc) is 3.39. The molecule has 6 nitrogen and oxygen atoms in total. The molecule has 3 N–H and O–H groups in total. The van der Waals surface area contributed by atoms with Crippen molar-refractivity contribution in [1.82, 2.24) is 5.32 Å². The summed E-state index contributed by atoms with van der Waals surface area (Å²) in [7, 11) is 0. The molecule has 0 aromatic carbocycles. The minimum atomic E-state index is -0.667. The Balaban J connectivity index is 3.40. The summed E-state index contributed by atoms with van der Waals surface area (Å²) in [6, 6.07) is -0.544. The van der Waals surface area contributed by atoms with Crippen molar-refractivity contribution in [1.29, 1.82) is 0 Å². The van der Waals surface area contributed by atoms with Crippen molar-refractivity contribution < 1.29 is 24.5 Å². The Labute approximate surface area is 456 Å². The van der Waals surface area contributed by atoms with Gasteiger partial charge in [-0.05, 0) is 51.4 Å². The van der Waals surface area contributed by atoms with Crippen LogP contribution in [0, 0.1) is 0 Å². The fourth-order valence-corrected chi connectivity index (χ4v) is 10.4. The fourth-order valence-electron chi connectivity index (χ4n) is 10.4. The Morgan fingerprint density at radius 3 is 1.08 bits per heavy atom. The molecule has 0 aliphatic rings. The van der Waals surface area contributed by atoms with Crippen LogP contribution in [0.15, 0.2) is 24.3 Å². The molecule has 6 heteroatoms. The fraction of sp³-hybridized carbons (Fsp3) is 0.910. The van der Waals surface area contributed by atoms with E-state index < -0.39 is 12.1 Å². The number of amides is 1. The van der Waals surface area contributed by atoms with Gasteiger partial charge in [0.05, 0.1) is 25.4 Å². The molecule has 2 unspecified atom stereocenters. The number of nitrogens with one attached hydrogen (secondary N) is 1. The van der Waals surface area contributed by atoms with Crippen LogP contribution in [0.5, 0.6) is 0 Å². The van der Waals surface area contributed by atoms with Crippen LogP contribution in [-0.2, 0) is 14.3 Å². The van der Waals surface area contributed by atoms with Crippen LogP contribution in [0.1, 0.15) is 367 Å². The first-order chi connectivity index (χ1) is 36.0. The summed E-state index contributed by atoms with van der Waals surface area (Å²) in [4.78, 5) is 24.6. The summed E-state index contributed by atoms with van der Waals surface area (Å²) in [5.41, 5.74) is 0. The van der Waals surface area contributed by atoms with Crippen molar-refractivity contribution in [3.05, 3.63) is 24.3 Å². The Hall–Kier alpha value is -1.66. The van der Waals surface area contributed by atoms with Gasteiger partial charge in [-0.25, -0.2) is 0 Å².